The van der Waals surface area contributed by atoms with E-state index in [-0.39, 0.29) is 11.3 Å². The number of rotatable bonds is 3. The van der Waals surface area contributed by atoms with Crippen molar-refractivity contribution in [2.75, 3.05) is 11.1 Å². The quantitative estimate of drug-likeness (QED) is 0.853. The number of nitrogens with one attached hydrogen (secondary N) is 1. The Bertz CT molecular complexity index is 612. The molecule has 0 bridgehead atoms. The van der Waals surface area contributed by atoms with Crippen molar-refractivity contribution in [2.45, 2.75) is 6.36 Å². The van der Waals surface area contributed by atoms with Gasteiger partial charge >= 0.3 is 6.36 Å². The van der Waals surface area contributed by atoms with Gasteiger partial charge in [0.2, 0.25) is 0 Å². The fraction of sp³-hybridized carbons (Fsp3) is 0.0833. The fourth-order valence-electron chi connectivity index (χ4n) is 1.45. The first-order valence-corrected chi connectivity index (χ1v) is 6.28. The Morgan fingerprint density at radius 1 is 1.30 bits per heavy atom. The maximum atomic E-state index is 12.1. The number of alkyl halides is 3. The Morgan fingerprint density at radius 3 is 2.60 bits per heavy atom. The van der Waals surface area contributed by atoms with Gasteiger partial charge in [-0.05, 0) is 29.6 Å². The van der Waals surface area contributed by atoms with E-state index < -0.39 is 18.0 Å². The minimum absolute atomic E-state index is 0.142. The third kappa shape index (κ3) is 3.64. The highest BCUT2D eigenvalue weighted by molar-refractivity contribution is 7.08. The lowest BCUT2D eigenvalue weighted by Gasteiger charge is -2.12. The van der Waals surface area contributed by atoms with Gasteiger partial charge in [0.05, 0.1) is 11.4 Å². The molecule has 1 heterocycles. The van der Waals surface area contributed by atoms with Crippen LogP contribution < -0.4 is 15.8 Å². The number of carbonyl (C=O) groups excluding carboxylic acids is 1. The number of nitrogen functional groups attached to an aromatic ring is 1. The van der Waals surface area contributed by atoms with Crippen LogP contribution in [0.2, 0.25) is 0 Å². The van der Waals surface area contributed by atoms with Crippen LogP contribution in [0.15, 0.2) is 35.0 Å². The van der Waals surface area contributed by atoms with Crippen LogP contribution in [0.4, 0.5) is 24.5 Å². The van der Waals surface area contributed by atoms with Gasteiger partial charge in [-0.3, -0.25) is 4.79 Å². The molecule has 0 saturated carbocycles. The van der Waals surface area contributed by atoms with Gasteiger partial charge in [-0.2, -0.15) is 11.3 Å². The van der Waals surface area contributed by atoms with Gasteiger partial charge in [-0.15, -0.1) is 13.2 Å². The number of halogens is 3. The molecule has 8 heteroatoms. The van der Waals surface area contributed by atoms with Crippen molar-refractivity contribution in [3.05, 3.63) is 40.6 Å². The summed E-state index contributed by atoms with van der Waals surface area (Å²) in [7, 11) is 0. The third-order valence-corrected chi connectivity index (χ3v) is 2.96. The van der Waals surface area contributed by atoms with E-state index in [1.165, 1.54) is 17.4 Å². The van der Waals surface area contributed by atoms with Crippen molar-refractivity contribution >= 4 is 28.6 Å². The summed E-state index contributed by atoms with van der Waals surface area (Å²) >= 11 is 1.40. The molecule has 2 aromatic rings. The number of carbonyl (C=O) groups is 1. The number of benzene rings is 1. The maximum absolute atomic E-state index is 12.1. The van der Waals surface area contributed by atoms with Crippen LogP contribution >= 0.6 is 11.3 Å². The van der Waals surface area contributed by atoms with E-state index in [1.807, 2.05) is 0 Å². The molecule has 106 valence electrons. The molecule has 0 spiro atoms. The van der Waals surface area contributed by atoms with E-state index in [1.54, 1.807) is 16.8 Å². The zero-order valence-electron chi connectivity index (χ0n) is 9.90. The van der Waals surface area contributed by atoms with Gasteiger partial charge in [0.25, 0.3) is 5.91 Å². The Morgan fingerprint density at radius 2 is 2.05 bits per heavy atom. The molecule has 1 amide bonds. The monoisotopic (exact) mass is 302 g/mol. The summed E-state index contributed by atoms with van der Waals surface area (Å²) < 4.78 is 39.9. The van der Waals surface area contributed by atoms with E-state index in [0.717, 1.165) is 12.1 Å². The standard InChI is InChI=1S/C12H9F3N2O2S/c13-12(14,15)19-10-2-1-7(5-9(10)16)11(18)17-8-3-4-20-6-8/h1-6H,16H2,(H,17,18). The molecule has 4 nitrogen and oxygen atoms in total. The zero-order chi connectivity index (χ0) is 14.8. The molecule has 0 aliphatic heterocycles. The summed E-state index contributed by atoms with van der Waals surface area (Å²) in [5.41, 5.74) is 5.92. The molecule has 3 N–H and O–H groups in total. The van der Waals surface area contributed by atoms with Crippen LogP contribution in [-0.2, 0) is 0 Å². The first-order valence-electron chi connectivity index (χ1n) is 5.34. The van der Waals surface area contributed by atoms with Gasteiger partial charge in [-0.25, -0.2) is 0 Å². The topological polar surface area (TPSA) is 64.4 Å². The lowest BCUT2D eigenvalue weighted by molar-refractivity contribution is -0.274. The van der Waals surface area contributed by atoms with Crippen LogP contribution in [0.1, 0.15) is 10.4 Å². The van der Waals surface area contributed by atoms with E-state index in [9.17, 15) is 18.0 Å². The Labute approximate surface area is 116 Å². The molecule has 0 saturated heterocycles. The molecule has 1 aromatic heterocycles. The summed E-state index contributed by atoms with van der Waals surface area (Å²) in [6, 6.07) is 5.04. The molecule has 0 atom stereocenters. The minimum Gasteiger partial charge on any atom is -0.404 e. The zero-order valence-corrected chi connectivity index (χ0v) is 10.7. The number of thiophene rings is 1. The minimum atomic E-state index is -4.82. The summed E-state index contributed by atoms with van der Waals surface area (Å²) in [4.78, 5) is 11.8. The maximum Gasteiger partial charge on any atom is 0.573 e. The summed E-state index contributed by atoms with van der Waals surface area (Å²) in [6.45, 7) is 0. The second-order valence-electron chi connectivity index (χ2n) is 3.77. The van der Waals surface area contributed by atoms with Gasteiger partial charge in [-0.1, -0.05) is 0 Å². The average molecular weight is 302 g/mol. The number of anilines is 2. The molecule has 0 fully saturated rings. The Kier molecular flexibility index (Phi) is 3.84. The summed E-state index contributed by atoms with van der Waals surface area (Å²) in [5.74, 6) is -1.00. The molecule has 1 aromatic carbocycles. The predicted octanol–water partition coefficient (Wildman–Crippen LogP) is 3.48. The normalized spacial score (nSPS) is 11.2. The lowest BCUT2D eigenvalue weighted by Crippen LogP contribution is -2.18. The van der Waals surface area contributed by atoms with Crippen molar-refractivity contribution in [2.24, 2.45) is 0 Å². The summed E-state index contributed by atoms with van der Waals surface area (Å²) in [5, 5.41) is 6.09. The number of hydrogen-bond acceptors (Lipinski definition) is 4. The third-order valence-electron chi connectivity index (χ3n) is 2.28. The van der Waals surface area contributed by atoms with Gasteiger partial charge in [0, 0.05) is 10.9 Å². The highest BCUT2D eigenvalue weighted by Gasteiger charge is 2.32. The van der Waals surface area contributed by atoms with E-state index >= 15 is 0 Å². The first kappa shape index (κ1) is 14.2. The van der Waals surface area contributed by atoms with E-state index in [2.05, 4.69) is 10.1 Å². The van der Waals surface area contributed by atoms with Crippen LogP contribution in [0, 0.1) is 0 Å². The number of nitrogens with two attached hydrogens (primary N) is 1. The largest absolute Gasteiger partial charge is 0.573 e. The Hall–Kier alpha value is -2.22. The smallest absolute Gasteiger partial charge is 0.404 e. The molecule has 20 heavy (non-hydrogen) atoms. The first-order chi connectivity index (χ1) is 9.35. The number of ether oxygens (including phenoxy) is 1. The van der Waals surface area contributed by atoms with Crippen molar-refractivity contribution in [1.29, 1.82) is 0 Å². The van der Waals surface area contributed by atoms with Crippen molar-refractivity contribution in [3.8, 4) is 5.75 Å². The van der Waals surface area contributed by atoms with Gasteiger partial charge < -0.3 is 15.8 Å². The highest BCUT2D eigenvalue weighted by Crippen LogP contribution is 2.29. The summed E-state index contributed by atoms with van der Waals surface area (Å²) in [6.07, 6.45) is -4.82. The highest BCUT2D eigenvalue weighted by atomic mass is 32.1. The van der Waals surface area contributed by atoms with Crippen molar-refractivity contribution < 1.29 is 22.7 Å². The van der Waals surface area contributed by atoms with E-state index in [4.69, 9.17) is 5.73 Å². The molecule has 0 radical (unpaired) electrons. The van der Waals surface area contributed by atoms with E-state index in [0.29, 0.717) is 5.69 Å². The second-order valence-corrected chi connectivity index (χ2v) is 4.55. The predicted molar refractivity (Wildman–Crippen MR) is 69.8 cm³/mol. The molecular weight excluding hydrogens is 293 g/mol. The molecule has 0 aliphatic rings. The van der Waals surface area contributed by atoms with Gasteiger partial charge in [0.15, 0.2) is 5.75 Å². The molecule has 2 rings (SSSR count). The van der Waals surface area contributed by atoms with Crippen LogP contribution in [0.5, 0.6) is 5.75 Å². The van der Waals surface area contributed by atoms with Gasteiger partial charge in [0.1, 0.15) is 0 Å². The molecular formula is C12H9F3N2O2S. The lowest BCUT2D eigenvalue weighted by atomic mass is 10.1. The number of hydrogen-bond donors (Lipinski definition) is 2. The van der Waals surface area contributed by atoms with Crippen LogP contribution in [-0.4, -0.2) is 12.3 Å². The molecule has 0 unspecified atom stereocenters. The fourth-order valence-corrected chi connectivity index (χ4v) is 2.03. The SMILES string of the molecule is Nc1cc(C(=O)Nc2ccsc2)ccc1OC(F)(F)F. The average Bonchev–Trinajstić information content (AvgIpc) is 2.83. The molecule has 0 aliphatic carbocycles. The van der Waals surface area contributed by atoms with Crippen molar-refractivity contribution in [3.63, 3.8) is 0 Å². The Balaban J connectivity index is 2.14. The van der Waals surface area contributed by atoms with Crippen LogP contribution in [0.25, 0.3) is 0 Å². The van der Waals surface area contributed by atoms with Crippen LogP contribution in [0.3, 0.4) is 0 Å². The number of amides is 1. The second kappa shape index (κ2) is 5.41. The van der Waals surface area contributed by atoms with Crippen molar-refractivity contribution in [1.82, 2.24) is 0 Å².